The van der Waals surface area contributed by atoms with Gasteiger partial charge < -0.3 is 19.9 Å². The molecule has 9 nitrogen and oxygen atoms in total. The van der Waals surface area contributed by atoms with E-state index >= 15 is 0 Å². The summed E-state index contributed by atoms with van der Waals surface area (Å²) >= 11 is 0. The van der Waals surface area contributed by atoms with E-state index in [0.717, 1.165) is 80.0 Å². The quantitative estimate of drug-likeness (QED) is 0.259. The number of nitrogen functional groups attached to an aromatic ring is 1. The van der Waals surface area contributed by atoms with Crippen LogP contribution in [0, 0.1) is 11.3 Å². The van der Waals surface area contributed by atoms with Crippen molar-refractivity contribution < 1.29 is 9.26 Å². The zero-order valence-electron chi connectivity index (χ0n) is 25.7. The van der Waals surface area contributed by atoms with Crippen LogP contribution in [0.3, 0.4) is 0 Å². The number of aromatic nitrogens is 3. The fourth-order valence-electron chi connectivity index (χ4n) is 7.45. The lowest BCUT2D eigenvalue weighted by Crippen LogP contribution is -2.38. The number of nitrogens with zero attached hydrogens (tertiary/aromatic N) is 6. The van der Waals surface area contributed by atoms with Crippen molar-refractivity contribution >= 4 is 11.5 Å². The van der Waals surface area contributed by atoms with Crippen molar-refractivity contribution in [2.45, 2.75) is 83.5 Å². The molecule has 2 aromatic heterocycles. The van der Waals surface area contributed by atoms with Gasteiger partial charge in [0, 0.05) is 42.4 Å². The summed E-state index contributed by atoms with van der Waals surface area (Å²) in [6, 6.07) is 17.1. The van der Waals surface area contributed by atoms with Crippen LogP contribution >= 0.6 is 0 Å². The molecule has 9 heteroatoms. The number of likely N-dealkylation sites (N-methyl/N-ethyl adjacent to an activating group) is 1. The summed E-state index contributed by atoms with van der Waals surface area (Å²) in [5.41, 5.74) is 13.7. The van der Waals surface area contributed by atoms with Gasteiger partial charge in [-0.3, -0.25) is 4.90 Å². The molecule has 4 heterocycles. The van der Waals surface area contributed by atoms with Crippen LogP contribution in [0.4, 0.5) is 11.5 Å². The second-order valence-corrected chi connectivity index (χ2v) is 12.4. The van der Waals surface area contributed by atoms with Crippen LogP contribution in [0.2, 0.25) is 0 Å². The minimum atomic E-state index is -0.0991. The van der Waals surface area contributed by atoms with Crippen LogP contribution in [-0.4, -0.2) is 45.8 Å². The minimum absolute atomic E-state index is 0.0233. The predicted molar refractivity (Wildman–Crippen MR) is 169 cm³/mol. The highest BCUT2D eigenvalue weighted by molar-refractivity contribution is 5.65. The van der Waals surface area contributed by atoms with Crippen LogP contribution in [-0.2, 0) is 25.9 Å². The Morgan fingerprint density at radius 1 is 1.11 bits per heavy atom. The van der Waals surface area contributed by atoms with Crippen molar-refractivity contribution in [1.82, 2.24) is 20.0 Å². The number of likely N-dealkylation sites (tertiary alicyclic amines) is 1. The molecule has 2 aliphatic heterocycles. The van der Waals surface area contributed by atoms with Gasteiger partial charge in [0.2, 0.25) is 5.88 Å². The molecule has 0 saturated carbocycles. The van der Waals surface area contributed by atoms with Gasteiger partial charge in [0.1, 0.15) is 23.8 Å². The van der Waals surface area contributed by atoms with E-state index in [1.54, 1.807) is 0 Å². The molecule has 0 amide bonds. The van der Waals surface area contributed by atoms with Crippen molar-refractivity contribution in [3.05, 3.63) is 81.6 Å². The molecule has 2 unspecified atom stereocenters. The fourth-order valence-corrected chi connectivity index (χ4v) is 7.45. The largest absolute Gasteiger partial charge is 0.473 e. The molecule has 0 spiro atoms. The highest BCUT2D eigenvalue weighted by Gasteiger charge is 2.35. The Morgan fingerprint density at radius 2 is 1.91 bits per heavy atom. The number of aryl methyl sites for hydroxylation is 1. The number of anilines is 2. The summed E-state index contributed by atoms with van der Waals surface area (Å²) in [6.07, 6.45) is 5.66. The predicted octanol–water partition coefficient (Wildman–Crippen LogP) is 6.00. The SMILES string of the molecule is CCc1ccc(N)c(C#N)c1C1CCCc2c(-c3nc(O[C@@H](C)C4CCCN4C)cc(N4Cc5ccccc5C4)n3)noc21. The molecule has 2 N–H and O–H groups in total. The van der Waals surface area contributed by atoms with Crippen LogP contribution < -0.4 is 15.4 Å². The minimum Gasteiger partial charge on any atom is -0.473 e. The molecule has 1 saturated heterocycles. The van der Waals surface area contributed by atoms with Gasteiger partial charge in [-0.1, -0.05) is 42.4 Å². The number of hydrogen-bond donors (Lipinski definition) is 1. The molecule has 7 rings (SSSR count). The number of nitriles is 1. The lowest BCUT2D eigenvalue weighted by atomic mass is 9.78. The van der Waals surface area contributed by atoms with Gasteiger partial charge in [0.05, 0.1) is 5.56 Å². The van der Waals surface area contributed by atoms with Gasteiger partial charge in [-0.15, -0.1) is 0 Å². The number of hydrogen-bond acceptors (Lipinski definition) is 9. The van der Waals surface area contributed by atoms with Gasteiger partial charge in [0.15, 0.2) is 11.5 Å². The average Bonchev–Trinajstić information content (AvgIpc) is 3.78. The molecule has 1 aliphatic carbocycles. The van der Waals surface area contributed by atoms with E-state index in [1.165, 1.54) is 17.5 Å². The number of benzene rings is 2. The smallest absolute Gasteiger partial charge is 0.219 e. The van der Waals surface area contributed by atoms with Crippen LogP contribution in [0.15, 0.2) is 47.0 Å². The monoisotopic (exact) mass is 589 g/mol. The number of fused-ring (bicyclic) bond motifs is 2. The van der Waals surface area contributed by atoms with Crippen LogP contribution in [0.5, 0.6) is 5.88 Å². The third-order valence-electron chi connectivity index (χ3n) is 9.75. The van der Waals surface area contributed by atoms with E-state index in [1.807, 2.05) is 18.2 Å². The molecule has 0 bridgehead atoms. The lowest BCUT2D eigenvalue weighted by Gasteiger charge is -2.27. The maximum absolute atomic E-state index is 10.1. The Morgan fingerprint density at radius 3 is 2.61 bits per heavy atom. The van der Waals surface area contributed by atoms with Crippen LogP contribution in [0.25, 0.3) is 11.5 Å². The van der Waals surface area contributed by atoms with Crippen molar-refractivity contribution in [1.29, 1.82) is 5.26 Å². The second-order valence-electron chi connectivity index (χ2n) is 12.4. The third-order valence-corrected chi connectivity index (χ3v) is 9.75. The van der Waals surface area contributed by atoms with Gasteiger partial charge in [0.25, 0.3) is 0 Å². The van der Waals surface area contributed by atoms with Gasteiger partial charge in [-0.05, 0) is 87.4 Å². The van der Waals surface area contributed by atoms with Gasteiger partial charge >= 0.3 is 0 Å². The summed E-state index contributed by atoms with van der Waals surface area (Å²) in [6.45, 7) is 6.87. The van der Waals surface area contributed by atoms with Crippen molar-refractivity contribution in [3.63, 3.8) is 0 Å². The molecule has 226 valence electrons. The molecule has 3 aliphatic rings. The first-order valence-corrected chi connectivity index (χ1v) is 15.8. The molecule has 4 aromatic rings. The summed E-state index contributed by atoms with van der Waals surface area (Å²) in [7, 11) is 2.16. The topological polar surface area (TPSA) is 117 Å². The average molecular weight is 590 g/mol. The first-order chi connectivity index (χ1) is 21.4. The zero-order valence-corrected chi connectivity index (χ0v) is 25.7. The molecule has 2 aromatic carbocycles. The van der Waals surface area contributed by atoms with Crippen molar-refractivity contribution in [3.8, 4) is 23.5 Å². The molecule has 44 heavy (non-hydrogen) atoms. The maximum Gasteiger partial charge on any atom is 0.219 e. The third kappa shape index (κ3) is 4.97. The van der Waals surface area contributed by atoms with E-state index in [9.17, 15) is 5.26 Å². The van der Waals surface area contributed by atoms with E-state index in [4.69, 9.17) is 25.0 Å². The summed E-state index contributed by atoms with van der Waals surface area (Å²) in [4.78, 5) is 14.7. The Kier molecular flexibility index (Phi) is 7.47. The van der Waals surface area contributed by atoms with E-state index < -0.39 is 0 Å². The Labute approximate surface area is 258 Å². The number of rotatable bonds is 7. The molecule has 3 atom stereocenters. The highest BCUT2D eigenvalue weighted by Crippen LogP contribution is 2.44. The maximum atomic E-state index is 10.1. The standard InChI is InChI=1S/C35H39N7O2/c1-4-22-14-15-28(37)27(18-36)32(22)25-11-7-12-26-33(40-44-34(25)26)35-38-30(42-19-23-9-5-6-10-24(23)20-42)17-31(39-35)43-21(2)29-13-8-16-41(29)3/h5-6,9-10,14-15,17,21,25,29H,4,7-8,11-13,16,19-20,37H2,1-3H3/t21-,25?,29?/m0/s1. The molecule has 0 radical (unpaired) electrons. The highest BCUT2D eigenvalue weighted by atomic mass is 16.5. The molecular formula is C35H39N7O2. The van der Waals surface area contributed by atoms with Crippen LogP contribution in [0.1, 0.15) is 84.6 Å². The molecule has 1 fully saturated rings. The Hall–Kier alpha value is -4.42. The first-order valence-electron chi connectivity index (χ1n) is 15.8. The van der Waals surface area contributed by atoms with Crippen molar-refractivity contribution in [2.75, 3.05) is 24.2 Å². The van der Waals surface area contributed by atoms with Gasteiger partial charge in [-0.25, -0.2) is 4.98 Å². The Balaban J connectivity index is 1.29. The van der Waals surface area contributed by atoms with E-state index in [-0.39, 0.29) is 12.0 Å². The fraction of sp³-hybridized carbons (Fsp3) is 0.429. The van der Waals surface area contributed by atoms with Gasteiger partial charge in [-0.2, -0.15) is 10.2 Å². The van der Waals surface area contributed by atoms with E-state index in [2.05, 4.69) is 66.2 Å². The second kappa shape index (κ2) is 11.6. The zero-order chi connectivity index (χ0) is 30.4. The summed E-state index contributed by atoms with van der Waals surface area (Å²) in [5, 5.41) is 14.7. The normalized spacial score (nSPS) is 20.3. The van der Waals surface area contributed by atoms with Crippen molar-refractivity contribution in [2.24, 2.45) is 0 Å². The van der Waals surface area contributed by atoms with E-state index in [0.29, 0.717) is 34.7 Å². The first kappa shape index (κ1) is 28.4. The number of nitrogens with two attached hydrogens (primary N) is 1. The lowest BCUT2D eigenvalue weighted by molar-refractivity contribution is 0.117. The molecular weight excluding hydrogens is 550 g/mol. The summed E-state index contributed by atoms with van der Waals surface area (Å²) < 4.78 is 12.7. The number of ether oxygens (including phenoxy) is 1. The Bertz CT molecular complexity index is 1720. The summed E-state index contributed by atoms with van der Waals surface area (Å²) in [5.74, 6) is 2.56.